The molecule has 3 aromatic rings. The second-order valence-corrected chi connectivity index (χ2v) is 3.74. The Morgan fingerprint density at radius 1 is 0.632 bits per heavy atom. The molecule has 19 heavy (non-hydrogen) atoms. The molecule has 3 aromatic heterocycles. The summed E-state index contributed by atoms with van der Waals surface area (Å²) < 4.78 is 0. The second kappa shape index (κ2) is 5.79. The summed E-state index contributed by atoms with van der Waals surface area (Å²) in [5.74, 6) is 0.701. The molecule has 94 valence electrons. The van der Waals surface area contributed by atoms with E-state index in [1.807, 2.05) is 30.3 Å². The van der Waals surface area contributed by atoms with Crippen molar-refractivity contribution in [3.63, 3.8) is 0 Å². The highest BCUT2D eigenvalue weighted by Gasteiger charge is 2.03. The highest BCUT2D eigenvalue weighted by molar-refractivity contribution is 5.62. The number of nitrogens with zero attached hydrogens (tertiary/aromatic N) is 4. The Bertz CT molecular complexity index is 586. The van der Waals surface area contributed by atoms with Crippen molar-refractivity contribution in [2.45, 2.75) is 0 Å². The third-order valence-electron chi connectivity index (χ3n) is 2.57. The Hall–Kier alpha value is -2.66. The molecule has 0 saturated heterocycles. The molecule has 0 unspecified atom stereocenters. The molecule has 0 saturated carbocycles. The van der Waals surface area contributed by atoms with E-state index in [9.17, 15) is 0 Å². The predicted octanol–water partition coefficient (Wildman–Crippen LogP) is 2.76. The first kappa shape index (κ1) is 12.8. The molecule has 0 bridgehead atoms. The van der Waals surface area contributed by atoms with Gasteiger partial charge in [0.25, 0.3) is 0 Å². The van der Waals surface area contributed by atoms with E-state index >= 15 is 0 Å². The van der Waals surface area contributed by atoms with Gasteiger partial charge in [0.05, 0.1) is 5.69 Å². The summed E-state index contributed by atoms with van der Waals surface area (Å²) in [6.07, 6.45) is 8.74. The molecule has 0 aliphatic rings. The van der Waals surface area contributed by atoms with Crippen LogP contribution in [-0.2, 0) is 0 Å². The summed E-state index contributed by atoms with van der Waals surface area (Å²) in [5.41, 5.74) is 2.88. The van der Waals surface area contributed by atoms with Gasteiger partial charge in [-0.2, -0.15) is 0 Å². The summed E-state index contributed by atoms with van der Waals surface area (Å²) >= 11 is 0. The van der Waals surface area contributed by atoms with Crippen LogP contribution in [0.15, 0.2) is 61.3 Å². The zero-order chi connectivity index (χ0) is 12.2. The Kier molecular flexibility index (Phi) is 3.90. The van der Waals surface area contributed by atoms with Gasteiger partial charge in [-0.25, -0.2) is 9.97 Å². The molecular weight excluding hydrogens is 238 g/mol. The zero-order valence-electron chi connectivity index (χ0n) is 10.3. The van der Waals surface area contributed by atoms with Gasteiger partial charge in [-0.15, -0.1) is 0 Å². The number of rotatable bonds is 2. The van der Waals surface area contributed by atoms with Crippen LogP contribution in [0.25, 0.3) is 22.6 Å². The zero-order valence-corrected chi connectivity index (χ0v) is 10.3. The van der Waals surface area contributed by atoms with E-state index in [0.717, 1.165) is 16.8 Å². The maximum atomic E-state index is 4.55. The lowest BCUT2D eigenvalue weighted by atomic mass is 10.2. The minimum Gasteiger partial charge on any atom is -0.344 e. The van der Waals surface area contributed by atoms with Crippen LogP contribution in [0.3, 0.4) is 0 Å². The molecule has 0 aromatic carbocycles. The van der Waals surface area contributed by atoms with Gasteiger partial charge in [-0.3, -0.25) is 9.97 Å². The second-order valence-electron chi connectivity index (χ2n) is 3.74. The molecule has 0 spiro atoms. The highest BCUT2D eigenvalue weighted by Crippen LogP contribution is 2.19. The van der Waals surface area contributed by atoms with Gasteiger partial charge in [-0.05, 0) is 30.3 Å². The smallest absolute Gasteiger partial charge is 0.159 e. The van der Waals surface area contributed by atoms with Gasteiger partial charge < -0.3 is 6.15 Å². The van der Waals surface area contributed by atoms with Crippen LogP contribution in [0, 0.1) is 0 Å². The van der Waals surface area contributed by atoms with Crippen LogP contribution in [0.4, 0.5) is 0 Å². The van der Waals surface area contributed by atoms with Crippen LogP contribution in [0.1, 0.15) is 0 Å². The lowest BCUT2D eigenvalue weighted by Gasteiger charge is -2.03. The lowest BCUT2D eigenvalue weighted by Crippen LogP contribution is -1.91. The Labute approximate surface area is 111 Å². The topological polar surface area (TPSA) is 86.6 Å². The van der Waals surface area contributed by atoms with E-state index in [1.165, 1.54) is 0 Å². The van der Waals surface area contributed by atoms with Crippen molar-refractivity contribution in [2.75, 3.05) is 0 Å². The molecule has 3 rings (SSSR count). The molecule has 5 nitrogen and oxygen atoms in total. The third kappa shape index (κ3) is 2.78. The Morgan fingerprint density at radius 2 is 1.21 bits per heavy atom. The first-order valence-electron chi connectivity index (χ1n) is 5.57. The van der Waals surface area contributed by atoms with Crippen molar-refractivity contribution < 1.29 is 0 Å². The Morgan fingerprint density at radius 3 is 1.84 bits per heavy atom. The largest absolute Gasteiger partial charge is 0.344 e. The summed E-state index contributed by atoms with van der Waals surface area (Å²) in [5, 5.41) is 0. The minimum absolute atomic E-state index is 0. The van der Waals surface area contributed by atoms with Crippen LogP contribution in [0.2, 0.25) is 0 Å². The van der Waals surface area contributed by atoms with Crippen LogP contribution in [0.5, 0.6) is 0 Å². The molecular formula is C14H13N5. The van der Waals surface area contributed by atoms with Crippen molar-refractivity contribution in [1.29, 1.82) is 0 Å². The highest BCUT2D eigenvalue weighted by atomic mass is 14.9. The first-order chi connectivity index (χ1) is 8.93. The molecule has 0 amide bonds. The van der Waals surface area contributed by atoms with E-state index < -0.39 is 0 Å². The fourth-order valence-electron chi connectivity index (χ4n) is 1.68. The SMILES string of the molecule is N.c1cc(-c2ccnc(-c3ccncc3)n2)ccn1. The van der Waals surface area contributed by atoms with Crippen molar-refractivity contribution >= 4 is 0 Å². The van der Waals surface area contributed by atoms with Crippen molar-refractivity contribution in [3.05, 3.63) is 61.3 Å². The summed E-state index contributed by atoms with van der Waals surface area (Å²) in [6, 6.07) is 9.54. The average Bonchev–Trinajstić information content (AvgIpc) is 2.49. The van der Waals surface area contributed by atoms with E-state index in [4.69, 9.17) is 0 Å². The molecule has 0 aliphatic heterocycles. The fraction of sp³-hybridized carbons (Fsp3) is 0. The van der Waals surface area contributed by atoms with Gasteiger partial charge in [-0.1, -0.05) is 0 Å². The van der Waals surface area contributed by atoms with Crippen molar-refractivity contribution in [2.24, 2.45) is 0 Å². The van der Waals surface area contributed by atoms with E-state index in [-0.39, 0.29) is 6.15 Å². The summed E-state index contributed by atoms with van der Waals surface area (Å²) in [6.45, 7) is 0. The lowest BCUT2D eigenvalue weighted by molar-refractivity contribution is 1.17. The molecule has 3 heterocycles. The standard InChI is InChI=1S/C14H10N4.H3N/c1-6-15-7-2-11(1)13-5-10-17-14(18-13)12-3-8-16-9-4-12;/h1-10H;1H3. The van der Waals surface area contributed by atoms with Gasteiger partial charge in [0.15, 0.2) is 5.82 Å². The molecule has 0 atom stereocenters. The van der Waals surface area contributed by atoms with Crippen molar-refractivity contribution in [1.82, 2.24) is 26.1 Å². The monoisotopic (exact) mass is 251 g/mol. The molecule has 0 fully saturated rings. The van der Waals surface area contributed by atoms with Crippen LogP contribution >= 0.6 is 0 Å². The van der Waals surface area contributed by atoms with Gasteiger partial charge in [0, 0.05) is 42.1 Å². The van der Waals surface area contributed by atoms with Crippen LogP contribution < -0.4 is 6.15 Å². The molecule has 3 N–H and O–H groups in total. The average molecular weight is 251 g/mol. The maximum absolute atomic E-state index is 4.55. The first-order valence-corrected chi connectivity index (χ1v) is 5.57. The van der Waals surface area contributed by atoms with Crippen LogP contribution in [-0.4, -0.2) is 19.9 Å². The number of hydrogen-bond donors (Lipinski definition) is 1. The van der Waals surface area contributed by atoms with Crippen molar-refractivity contribution in [3.8, 4) is 22.6 Å². The van der Waals surface area contributed by atoms with Gasteiger partial charge in [0.1, 0.15) is 0 Å². The van der Waals surface area contributed by atoms with Gasteiger partial charge >= 0.3 is 0 Å². The molecule has 5 heteroatoms. The number of aromatic nitrogens is 4. The number of hydrogen-bond acceptors (Lipinski definition) is 5. The maximum Gasteiger partial charge on any atom is 0.159 e. The third-order valence-corrected chi connectivity index (χ3v) is 2.57. The fourth-order valence-corrected chi connectivity index (χ4v) is 1.68. The molecule has 0 radical (unpaired) electrons. The van der Waals surface area contributed by atoms with E-state index in [2.05, 4.69) is 19.9 Å². The summed E-state index contributed by atoms with van der Waals surface area (Å²) in [4.78, 5) is 16.8. The summed E-state index contributed by atoms with van der Waals surface area (Å²) in [7, 11) is 0. The quantitative estimate of drug-likeness (QED) is 0.756. The van der Waals surface area contributed by atoms with Gasteiger partial charge in [0.2, 0.25) is 0 Å². The van der Waals surface area contributed by atoms with E-state index in [0.29, 0.717) is 5.82 Å². The Balaban J connectivity index is 0.00000133. The molecule has 0 aliphatic carbocycles. The minimum atomic E-state index is 0. The normalized spacial score (nSPS) is 9.68. The predicted molar refractivity (Wildman–Crippen MR) is 73.5 cm³/mol. The van der Waals surface area contributed by atoms with E-state index in [1.54, 1.807) is 31.0 Å². The number of pyridine rings is 2.